The van der Waals surface area contributed by atoms with Gasteiger partial charge in [-0.25, -0.2) is 13.2 Å². The highest BCUT2D eigenvalue weighted by Crippen LogP contribution is 2.39. The van der Waals surface area contributed by atoms with Crippen LogP contribution in [0.2, 0.25) is 10.0 Å². The number of carboxylic acids is 1. The number of sulfonamides is 1. The smallest absolute Gasteiger partial charge is 0.326 e. The summed E-state index contributed by atoms with van der Waals surface area (Å²) in [4.78, 5) is 42.4. The SMILES string of the molecule is N#Cc1cccc(S(=O)(=O)N2CC(SC3CCCC3)C[C@H]2C(=O)NC(Cc2ccc(NC(=O)c3c(Cl)cncc3Cl)cc2)C(=O)O)c1. The number of thioether (sulfide) groups is 1. The van der Waals surface area contributed by atoms with Crippen LogP contribution >= 0.6 is 35.0 Å². The van der Waals surface area contributed by atoms with Gasteiger partial charge in [0.2, 0.25) is 15.9 Å². The molecular weight excluding hydrogens is 685 g/mol. The first-order valence-electron chi connectivity index (χ1n) is 14.9. The maximum Gasteiger partial charge on any atom is 0.326 e. The van der Waals surface area contributed by atoms with Crippen LogP contribution in [0.4, 0.5) is 5.69 Å². The van der Waals surface area contributed by atoms with E-state index in [1.165, 1.54) is 36.7 Å². The number of hydrogen-bond donors (Lipinski definition) is 3. The maximum atomic E-state index is 13.8. The Kier molecular flexibility index (Phi) is 11.1. The summed E-state index contributed by atoms with van der Waals surface area (Å²) in [6.45, 7) is 0.0964. The number of carbonyl (C=O) groups excluding carboxylic acids is 2. The molecule has 2 fully saturated rings. The van der Waals surface area contributed by atoms with Crippen LogP contribution in [0, 0.1) is 11.3 Å². The lowest BCUT2D eigenvalue weighted by Gasteiger charge is -2.25. The Labute approximate surface area is 286 Å². The second-order valence-corrected chi connectivity index (χ2v) is 15.7. The number of hydrogen-bond acceptors (Lipinski definition) is 8. The van der Waals surface area contributed by atoms with E-state index in [-0.39, 0.29) is 50.7 Å². The fourth-order valence-electron chi connectivity index (χ4n) is 5.78. The molecule has 2 aliphatic rings. The molecule has 1 aliphatic carbocycles. The van der Waals surface area contributed by atoms with Crippen molar-refractivity contribution in [2.45, 2.75) is 66.0 Å². The van der Waals surface area contributed by atoms with Gasteiger partial charge in [-0.15, -0.1) is 0 Å². The van der Waals surface area contributed by atoms with Crippen LogP contribution in [-0.2, 0) is 26.0 Å². The first-order chi connectivity index (χ1) is 22.5. The van der Waals surface area contributed by atoms with Crippen molar-refractivity contribution in [3.8, 4) is 6.07 Å². The van der Waals surface area contributed by atoms with Crippen molar-refractivity contribution in [3.63, 3.8) is 0 Å². The maximum absolute atomic E-state index is 13.8. The molecule has 0 radical (unpaired) electrons. The van der Waals surface area contributed by atoms with E-state index in [4.69, 9.17) is 23.2 Å². The molecule has 2 aromatic carbocycles. The summed E-state index contributed by atoms with van der Waals surface area (Å²) in [5.41, 5.74) is 1.18. The summed E-state index contributed by atoms with van der Waals surface area (Å²) in [7, 11) is -4.18. The minimum atomic E-state index is -4.18. The van der Waals surface area contributed by atoms with Gasteiger partial charge in [0, 0.05) is 41.5 Å². The van der Waals surface area contributed by atoms with Crippen LogP contribution in [-0.4, -0.2) is 69.7 Å². The second kappa shape index (κ2) is 15.0. The Morgan fingerprint density at radius 3 is 2.38 bits per heavy atom. The molecule has 15 heteroatoms. The number of benzene rings is 2. The molecule has 246 valence electrons. The third-order valence-corrected chi connectivity index (χ3v) is 12.2. The Morgan fingerprint density at radius 1 is 1.06 bits per heavy atom. The van der Waals surface area contributed by atoms with Gasteiger partial charge in [0.25, 0.3) is 5.91 Å². The molecule has 3 aromatic rings. The molecule has 2 heterocycles. The number of nitrogens with zero attached hydrogens (tertiary/aromatic N) is 3. The third kappa shape index (κ3) is 8.25. The molecule has 1 aliphatic heterocycles. The van der Waals surface area contributed by atoms with E-state index in [0.717, 1.165) is 30.0 Å². The number of carbonyl (C=O) groups is 3. The summed E-state index contributed by atoms with van der Waals surface area (Å²) in [5.74, 6) is -2.55. The summed E-state index contributed by atoms with van der Waals surface area (Å²) in [6.07, 6.45) is 7.02. The van der Waals surface area contributed by atoms with E-state index in [2.05, 4.69) is 15.6 Å². The predicted octanol–water partition coefficient (Wildman–Crippen LogP) is 5.13. The number of halogens is 2. The van der Waals surface area contributed by atoms with E-state index in [1.54, 1.807) is 36.0 Å². The molecule has 2 unspecified atom stereocenters. The van der Waals surface area contributed by atoms with Gasteiger partial charge in [0.1, 0.15) is 12.1 Å². The van der Waals surface area contributed by atoms with E-state index in [1.807, 2.05) is 6.07 Å². The number of carboxylic acid groups (broad SMARTS) is 1. The number of amides is 2. The van der Waals surface area contributed by atoms with Gasteiger partial charge >= 0.3 is 5.97 Å². The predicted molar refractivity (Wildman–Crippen MR) is 179 cm³/mol. The normalized spacial score (nSPS) is 19.2. The lowest BCUT2D eigenvalue weighted by atomic mass is 10.0. The third-order valence-electron chi connectivity index (χ3n) is 8.12. The van der Waals surface area contributed by atoms with Crippen LogP contribution in [0.1, 0.15) is 53.6 Å². The van der Waals surface area contributed by atoms with Crippen molar-refractivity contribution < 1.29 is 27.9 Å². The van der Waals surface area contributed by atoms with Gasteiger partial charge in [0.15, 0.2) is 0 Å². The van der Waals surface area contributed by atoms with Crippen LogP contribution in [0.25, 0.3) is 0 Å². The van der Waals surface area contributed by atoms with Crippen molar-refractivity contribution in [1.82, 2.24) is 14.6 Å². The van der Waals surface area contributed by atoms with Gasteiger partial charge < -0.3 is 15.7 Å². The van der Waals surface area contributed by atoms with E-state index in [0.29, 0.717) is 16.5 Å². The summed E-state index contributed by atoms with van der Waals surface area (Å²) >= 11 is 13.8. The highest BCUT2D eigenvalue weighted by Gasteiger charge is 2.45. The largest absolute Gasteiger partial charge is 0.480 e. The molecule has 11 nitrogen and oxygen atoms in total. The number of aliphatic carboxylic acids is 1. The van der Waals surface area contributed by atoms with E-state index < -0.39 is 39.9 Å². The van der Waals surface area contributed by atoms with Gasteiger partial charge in [-0.3, -0.25) is 14.6 Å². The fraction of sp³-hybridized carbons (Fsp3) is 0.344. The Balaban J connectivity index is 1.30. The van der Waals surface area contributed by atoms with E-state index in [9.17, 15) is 33.2 Å². The van der Waals surface area contributed by atoms with Gasteiger partial charge in [-0.1, -0.05) is 54.2 Å². The average molecular weight is 717 g/mol. The first kappa shape index (κ1) is 34.7. The number of nitrogens with one attached hydrogen (secondary N) is 2. The molecule has 5 rings (SSSR count). The number of pyridine rings is 1. The Morgan fingerprint density at radius 2 is 1.74 bits per heavy atom. The van der Waals surface area contributed by atoms with Crippen molar-refractivity contribution >= 4 is 68.5 Å². The monoisotopic (exact) mass is 715 g/mol. The van der Waals surface area contributed by atoms with Gasteiger partial charge in [-0.05, 0) is 55.2 Å². The number of rotatable bonds is 11. The summed E-state index contributed by atoms with van der Waals surface area (Å²) in [6, 6.07) is 11.4. The highest BCUT2D eigenvalue weighted by atomic mass is 35.5. The molecule has 1 saturated carbocycles. The standard InChI is InChI=1S/C32H31Cl2N5O6S2/c33-25-16-36-17-26(34)29(25)31(41)37-21-10-8-19(9-11-21)13-27(32(42)43)38-30(40)28-14-23(46-22-5-1-2-6-22)18-39(28)47(44,45)24-7-3-4-20(12-24)15-35/h3-4,7-12,16-17,22-23,27-28H,1-2,5-6,13-14,18H2,(H,37,41)(H,38,40)(H,42,43)/t23?,27?,28-/m0/s1. The first-order valence-corrected chi connectivity index (χ1v) is 18.0. The van der Waals surface area contributed by atoms with Crippen molar-refractivity contribution in [2.75, 3.05) is 11.9 Å². The topological polar surface area (TPSA) is 170 Å². The fourth-order valence-corrected chi connectivity index (χ4v) is 9.79. The molecule has 1 aromatic heterocycles. The molecule has 1 saturated heterocycles. The van der Waals surface area contributed by atoms with Crippen LogP contribution in [0.3, 0.4) is 0 Å². The van der Waals surface area contributed by atoms with Crippen LogP contribution in [0.15, 0.2) is 65.8 Å². The summed E-state index contributed by atoms with van der Waals surface area (Å²) in [5, 5.41) is 25.0. The van der Waals surface area contributed by atoms with E-state index >= 15 is 0 Å². The highest BCUT2D eigenvalue weighted by molar-refractivity contribution is 8.00. The van der Waals surface area contributed by atoms with Gasteiger partial charge in [0.05, 0.1) is 32.1 Å². The zero-order chi connectivity index (χ0) is 33.7. The summed E-state index contributed by atoms with van der Waals surface area (Å²) < 4.78 is 28.8. The molecular formula is C32H31Cl2N5O6S2. The van der Waals surface area contributed by atoms with Crippen molar-refractivity contribution in [1.29, 1.82) is 5.26 Å². The number of aromatic nitrogens is 1. The molecule has 0 spiro atoms. The molecule has 3 atom stereocenters. The molecule has 0 bridgehead atoms. The molecule has 47 heavy (non-hydrogen) atoms. The zero-order valence-corrected chi connectivity index (χ0v) is 28.1. The molecule has 2 amide bonds. The minimum Gasteiger partial charge on any atom is -0.480 e. The van der Waals surface area contributed by atoms with Crippen molar-refractivity contribution in [3.05, 3.63) is 87.7 Å². The quantitative estimate of drug-likeness (QED) is 0.244. The minimum absolute atomic E-state index is 0.0608. The zero-order valence-electron chi connectivity index (χ0n) is 24.9. The Bertz CT molecular complexity index is 1790. The second-order valence-electron chi connectivity index (χ2n) is 11.4. The lowest BCUT2D eigenvalue weighted by Crippen LogP contribution is -2.51. The molecule has 3 N–H and O–H groups in total. The Hall–Kier alpha value is -3.67. The number of nitriles is 1. The average Bonchev–Trinajstić information content (AvgIpc) is 3.72. The van der Waals surface area contributed by atoms with Crippen molar-refractivity contribution in [2.24, 2.45) is 0 Å². The van der Waals surface area contributed by atoms with Crippen LogP contribution < -0.4 is 10.6 Å². The van der Waals surface area contributed by atoms with Crippen LogP contribution in [0.5, 0.6) is 0 Å². The lowest BCUT2D eigenvalue weighted by molar-refractivity contribution is -0.142. The van der Waals surface area contributed by atoms with Gasteiger partial charge in [-0.2, -0.15) is 21.3 Å². The number of anilines is 1.